The highest BCUT2D eigenvalue weighted by Gasteiger charge is 2.15. The Balaban J connectivity index is 2.19. The largest absolute Gasteiger partial charge is 0.490 e. The molecule has 0 spiro atoms. The number of hydrogen-bond acceptors (Lipinski definition) is 4. The Bertz CT molecular complexity index is 387. The van der Waals surface area contributed by atoms with Crippen molar-refractivity contribution in [3.63, 3.8) is 0 Å². The lowest BCUT2D eigenvalue weighted by atomic mass is 10.2. The van der Waals surface area contributed by atoms with E-state index in [4.69, 9.17) is 9.47 Å². The first kappa shape index (κ1) is 14.8. The fourth-order valence-electron chi connectivity index (χ4n) is 1.08. The highest BCUT2D eigenvalue weighted by Crippen LogP contribution is 2.12. The number of alkyl carbamates (subject to hydrolysis) is 1. The minimum atomic E-state index is -0.486. The lowest BCUT2D eigenvalue weighted by Crippen LogP contribution is -2.34. The van der Waals surface area contributed by atoms with Gasteiger partial charge in [-0.2, -0.15) is 0 Å². The van der Waals surface area contributed by atoms with E-state index in [0.29, 0.717) is 18.9 Å². The Morgan fingerprint density at radius 2 is 2.17 bits per heavy atom. The maximum absolute atomic E-state index is 11.3. The fraction of sp³-hybridized carbons (Fsp3) is 0.500. The zero-order chi connectivity index (χ0) is 13.6. The van der Waals surface area contributed by atoms with Crippen molar-refractivity contribution in [3.05, 3.63) is 22.9 Å². The molecule has 0 radical (unpaired) electrons. The third-order valence-electron chi connectivity index (χ3n) is 1.74. The summed E-state index contributed by atoms with van der Waals surface area (Å²) in [6.07, 6.45) is 1.16. The van der Waals surface area contributed by atoms with Crippen LogP contribution in [0, 0.1) is 0 Å². The SMILES string of the molecule is CC(C)(C)OC(=O)NCCOc1ccc(Br)nc1. The second-order valence-electron chi connectivity index (χ2n) is 4.59. The maximum Gasteiger partial charge on any atom is 0.407 e. The van der Waals surface area contributed by atoms with Crippen molar-refractivity contribution in [1.29, 1.82) is 0 Å². The molecule has 18 heavy (non-hydrogen) atoms. The van der Waals surface area contributed by atoms with Crippen LogP contribution >= 0.6 is 15.9 Å². The molecule has 0 saturated heterocycles. The van der Waals surface area contributed by atoms with Crippen molar-refractivity contribution < 1.29 is 14.3 Å². The summed E-state index contributed by atoms with van der Waals surface area (Å²) in [4.78, 5) is 15.3. The molecule has 1 heterocycles. The van der Waals surface area contributed by atoms with E-state index in [1.807, 2.05) is 20.8 Å². The highest BCUT2D eigenvalue weighted by molar-refractivity contribution is 9.10. The Kier molecular flexibility index (Phi) is 5.40. The average molecular weight is 317 g/mol. The molecular weight excluding hydrogens is 300 g/mol. The van der Waals surface area contributed by atoms with Crippen molar-refractivity contribution in [2.45, 2.75) is 26.4 Å². The summed E-state index contributed by atoms with van der Waals surface area (Å²) in [7, 11) is 0. The fourth-order valence-corrected chi connectivity index (χ4v) is 1.32. The van der Waals surface area contributed by atoms with Gasteiger partial charge in [0.15, 0.2) is 0 Å². The molecule has 100 valence electrons. The third kappa shape index (κ3) is 6.44. The molecule has 1 N–H and O–H groups in total. The molecule has 0 aliphatic heterocycles. The molecule has 0 aromatic carbocycles. The van der Waals surface area contributed by atoms with Crippen LogP contribution in [0.3, 0.4) is 0 Å². The van der Waals surface area contributed by atoms with Gasteiger partial charge in [0.05, 0.1) is 12.7 Å². The number of nitrogens with zero attached hydrogens (tertiary/aromatic N) is 1. The van der Waals surface area contributed by atoms with Crippen LogP contribution in [0.4, 0.5) is 4.79 Å². The first-order valence-corrected chi connectivity index (χ1v) is 6.37. The van der Waals surface area contributed by atoms with E-state index in [1.54, 1.807) is 18.3 Å². The first-order valence-electron chi connectivity index (χ1n) is 5.58. The van der Waals surface area contributed by atoms with Crippen LogP contribution in [0.2, 0.25) is 0 Å². The number of hydrogen-bond donors (Lipinski definition) is 1. The predicted molar refractivity (Wildman–Crippen MR) is 71.7 cm³/mol. The van der Waals surface area contributed by atoms with Gasteiger partial charge in [0.1, 0.15) is 22.6 Å². The van der Waals surface area contributed by atoms with Gasteiger partial charge in [-0.25, -0.2) is 9.78 Å². The van der Waals surface area contributed by atoms with E-state index in [1.165, 1.54) is 0 Å². The van der Waals surface area contributed by atoms with Crippen LogP contribution in [-0.4, -0.2) is 29.8 Å². The number of aromatic nitrogens is 1. The summed E-state index contributed by atoms with van der Waals surface area (Å²) in [5, 5.41) is 2.61. The van der Waals surface area contributed by atoms with Crippen LogP contribution in [0.25, 0.3) is 0 Å². The van der Waals surface area contributed by atoms with Crippen molar-refractivity contribution in [2.24, 2.45) is 0 Å². The normalized spacial score (nSPS) is 10.9. The second kappa shape index (κ2) is 6.58. The number of nitrogens with one attached hydrogen (secondary N) is 1. The van der Waals surface area contributed by atoms with Crippen molar-refractivity contribution in [2.75, 3.05) is 13.2 Å². The first-order chi connectivity index (χ1) is 8.37. The number of rotatable bonds is 4. The summed E-state index contributed by atoms with van der Waals surface area (Å²) >= 11 is 3.23. The van der Waals surface area contributed by atoms with Crippen LogP contribution in [0.5, 0.6) is 5.75 Å². The summed E-state index contributed by atoms with van der Waals surface area (Å²) in [6.45, 7) is 6.19. The molecule has 5 nitrogen and oxygen atoms in total. The summed E-state index contributed by atoms with van der Waals surface area (Å²) in [6, 6.07) is 3.58. The summed E-state index contributed by atoms with van der Waals surface area (Å²) < 4.78 is 11.2. The van der Waals surface area contributed by atoms with Gasteiger partial charge in [-0.15, -0.1) is 0 Å². The topological polar surface area (TPSA) is 60.5 Å². The van der Waals surface area contributed by atoms with Gasteiger partial charge in [0.2, 0.25) is 0 Å². The number of carbonyl (C=O) groups excluding carboxylic acids is 1. The monoisotopic (exact) mass is 316 g/mol. The van der Waals surface area contributed by atoms with E-state index in [9.17, 15) is 4.79 Å². The minimum absolute atomic E-state index is 0.364. The zero-order valence-electron chi connectivity index (χ0n) is 10.7. The van der Waals surface area contributed by atoms with Crippen LogP contribution in [0.15, 0.2) is 22.9 Å². The van der Waals surface area contributed by atoms with E-state index in [-0.39, 0.29) is 0 Å². The molecule has 1 rings (SSSR count). The lowest BCUT2D eigenvalue weighted by molar-refractivity contribution is 0.0520. The zero-order valence-corrected chi connectivity index (χ0v) is 12.3. The van der Waals surface area contributed by atoms with Crippen molar-refractivity contribution >= 4 is 22.0 Å². The van der Waals surface area contributed by atoms with Gasteiger partial charge < -0.3 is 14.8 Å². The predicted octanol–water partition coefficient (Wildman–Crippen LogP) is 2.75. The Hall–Kier alpha value is -1.30. The van der Waals surface area contributed by atoms with Crippen molar-refractivity contribution in [1.82, 2.24) is 10.3 Å². The number of ether oxygens (including phenoxy) is 2. The van der Waals surface area contributed by atoms with Gasteiger partial charge in [-0.1, -0.05) is 0 Å². The Morgan fingerprint density at radius 3 is 2.72 bits per heavy atom. The Morgan fingerprint density at radius 1 is 1.44 bits per heavy atom. The third-order valence-corrected chi connectivity index (χ3v) is 2.21. The smallest absolute Gasteiger partial charge is 0.407 e. The van der Waals surface area contributed by atoms with E-state index < -0.39 is 11.7 Å². The second-order valence-corrected chi connectivity index (χ2v) is 5.41. The van der Waals surface area contributed by atoms with E-state index in [2.05, 4.69) is 26.2 Å². The molecule has 1 aromatic rings. The summed E-state index contributed by atoms with van der Waals surface area (Å²) in [5.74, 6) is 0.657. The molecule has 0 saturated carbocycles. The minimum Gasteiger partial charge on any atom is -0.490 e. The van der Waals surface area contributed by atoms with Crippen LogP contribution in [-0.2, 0) is 4.74 Å². The van der Waals surface area contributed by atoms with Crippen LogP contribution < -0.4 is 10.1 Å². The number of halogens is 1. The number of pyridine rings is 1. The molecular formula is C12H17BrN2O3. The van der Waals surface area contributed by atoms with Gasteiger partial charge in [-0.05, 0) is 48.8 Å². The van der Waals surface area contributed by atoms with E-state index in [0.717, 1.165) is 4.60 Å². The lowest BCUT2D eigenvalue weighted by Gasteiger charge is -2.19. The standard InChI is InChI=1S/C12H17BrN2O3/c1-12(2,3)18-11(16)14-6-7-17-9-4-5-10(13)15-8-9/h4-5,8H,6-7H2,1-3H3,(H,14,16). The average Bonchev–Trinajstić information content (AvgIpc) is 2.24. The van der Waals surface area contributed by atoms with Crippen LogP contribution in [0.1, 0.15) is 20.8 Å². The molecule has 1 aromatic heterocycles. The highest BCUT2D eigenvalue weighted by atomic mass is 79.9. The molecule has 0 fully saturated rings. The molecule has 1 amide bonds. The maximum atomic E-state index is 11.3. The van der Waals surface area contributed by atoms with E-state index >= 15 is 0 Å². The van der Waals surface area contributed by atoms with Crippen molar-refractivity contribution in [3.8, 4) is 5.75 Å². The molecule has 0 aliphatic rings. The number of carbonyl (C=O) groups is 1. The van der Waals surface area contributed by atoms with Gasteiger partial charge in [0.25, 0.3) is 0 Å². The molecule has 0 atom stereocenters. The number of amides is 1. The Labute approximate surface area is 115 Å². The van der Waals surface area contributed by atoms with Gasteiger partial charge in [-0.3, -0.25) is 0 Å². The van der Waals surface area contributed by atoms with Gasteiger partial charge >= 0.3 is 6.09 Å². The quantitative estimate of drug-likeness (QED) is 0.685. The molecule has 0 unspecified atom stereocenters. The molecule has 0 aliphatic carbocycles. The van der Waals surface area contributed by atoms with Gasteiger partial charge in [0, 0.05) is 0 Å². The summed E-state index contributed by atoms with van der Waals surface area (Å²) in [5.41, 5.74) is -0.486. The molecule has 0 bridgehead atoms. The molecule has 6 heteroatoms.